The summed E-state index contributed by atoms with van der Waals surface area (Å²) in [5.74, 6) is 1.41. The van der Waals surface area contributed by atoms with Crippen molar-refractivity contribution in [1.82, 2.24) is 9.78 Å². The van der Waals surface area contributed by atoms with Gasteiger partial charge in [-0.25, -0.2) is 0 Å². The van der Waals surface area contributed by atoms with Gasteiger partial charge in [0.15, 0.2) is 0 Å². The number of aryl methyl sites for hydroxylation is 1. The Hall–Kier alpha value is -1.03. The molecule has 1 fully saturated rings. The first-order chi connectivity index (χ1) is 7.84. The number of nitrogens with two attached hydrogens (primary N) is 1. The lowest BCUT2D eigenvalue weighted by atomic mass is 10.1. The molecule has 0 aromatic carbocycles. The zero-order chi connectivity index (χ0) is 11.2. The molecule has 1 aromatic rings. The summed E-state index contributed by atoms with van der Waals surface area (Å²) in [5, 5.41) is 4.12. The first-order valence-corrected chi connectivity index (χ1v) is 6.21. The van der Waals surface area contributed by atoms with E-state index < -0.39 is 0 Å². The zero-order valence-electron chi connectivity index (χ0n) is 9.77. The van der Waals surface area contributed by atoms with Crippen LogP contribution < -0.4 is 5.73 Å². The minimum atomic E-state index is 0.590. The number of hydrogen-bond acceptors (Lipinski definition) is 3. The van der Waals surface area contributed by atoms with Crippen LogP contribution in [0, 0.1) is 5.92 Å². The zero-order valence-corrected chi connectivity index (χ0v) is 9.77. The molecule has 1 heterocycles. The van der Waals surface area contributed by atoms with Crippen LogP contribution >= 0.6 is 0 Å². The molecule has 0 amide bonds. The Morgan fingerprint density at radius 2 is 2.25 bits per heavy atom. The Kier molecular flexibility index (Phi) is 4.22. The Labute approximate surface area is 96.8 Å². The van der Waals surface area contributed by atoms with Crippen LogP contribution in [0.2, 0.25) is 0 Å². The van der Waals surface area contributed by atoms with Gasteiger partial charge in [0.05, 0.1) is 0 Å². The maximum Gasteiger partial charge on any atom is 0.145 e. The van der Waals surface area contributed by atoms with Gasteiger partial charge in [0.1, 0.15) is 5.82 Å². The summed E-state index contributed by atoms with van der Waals surface area (Å²) in [6.07, 6.45) is 8.41. The minimum Gasteiger partial charge on any atom is -0.382 e. The van der Waals surface area contributed by atoms with Gasteiger partial charge in [-0.05, 0) is 31.2 Å². The molecule has 2 rings (SSSR count). The van der Waals surface area contributed by atoms with E-state index in [2.05, 4.69) is 5.10 Å². The maximum atomic E-state index is 5.67. The molecule has 4 heteroatoms. The number of nitrogens with zero attached hydrogens (tertiary/aromatic N) is 2. The molecule has 90 valence electrons. The first kappa shape index (κ1) is 11.5. The predicted octanol–water partition coefficient (Wildman–Crippen LogP) is 2.06. The first-order valence-electron chi connectivity index (χ1n) is 6.21. The normalized spacial score (nSPS) is 17.0. The number of anilines is 1. The highest BCUT2D eigenvalue weighted by Gasteiger charge is 2.14. The molecule has 16 heavy (non-hydrogen) atoms. The molecule has 0 spiro atoms. The fourth-order valence-corrected chi connectivity index (χ4v) is 2.26. The average molecular weight is 223 g/mol. The van der Waals surface area contributed by atoms with E-state index in [-0.39, 0.29) is 0 Å². The van der Waals surface area contributed by atoms with Crippen molar-refractivity contribution < 1.29 is 4.74 Å². The van der Waals surface area contributed by atoms with E-state index in [0.717, 1.165) is 32.1 Å². The topological polar surface area (TPSA) is 53.1 Å². The fourth-order valence-electron chi connectivity index (χ4n) is 2.26. The van der Waals surface area contributed by atoms with E-state index in [1.807, 2.05) is 16.9 Å². The third kappa shape index (κ3) is 3.52. The molecule has 1 aliphatic rings. The Morgan fingerprint density at radius 1 is 1.44 bits per heavy atom. The predicted molar refractivity (Wildman–Crippen MR) is 64.0 cm³/mol. The van der Waals surface area contributed by atoms with Gasteiger partial charge in [-0.1, -0.05) is 12.8 Å². The summed E-state index contributed by atoms with van der Waals surface area (Å²) >= 11 is 0. The summed E-state index contributed by atoms with van der Waals surface area (Å²) in [6, 6.07) is 1.82. The standard InChI is InChI=1S/C12H21N3O/c13-12-6-8-15(14-12)7-3-9-16-10-11-4-1-2-5-11/h6,8,11H,1-5,7,9-10H2,(H2,13,14). The van der Waals surface area contributed by atoms with Crippen LogP contribution in [-0.2, 0) is 11.3 Å². The number of aromatic nitrogens is 2. The number of rotatable bonds is 6. The van der Waals surface area contributed by atoms with Crippen LogP contribution in [0.1, 0.15) is 32.1 Å². The third-order valence-electron chi connectivity index (χ3n) is 3.17. The number of nitrogen functional groups attached to an aromatic ring is 1. The molecule has 0 atom stereocenters. The van der Waals surface area contributed by atoms with E-state index in [4.69, 9.17) is 10.5 Å². The SMILES string of the molecule is Nc1ccn(CCCOCC2CCCC2)n1. The molecule has 0 unspecified atom stereocenters. The minimum absolute atomic E-state index is 0.590. The van der Waals surface area contributed by atoms with Gasteiger partial charge in [0.2, 0.25) is 0 Å². The maximum absolute atomic E-state index is 5.67. The number of hydrogen-bond donors (Lipinski definition) is 1. The van der Waals surface area contributed by atoms with Crippen LogP contribution in [0.3, 0.4) is 0 Å². The van der Waals surface area contributed by atoms with Crippen molar-refractivity contribution in [3.05, 3.63) is 12.3 Å². The lowest BCUT2D eigenvalue weighted by Gasteiger charge is -2.09. The van der Waals surface area contributed by atoms with Crippen molar-refractivity contribution in [1.29, 1.82) is 0 Å². The molecule has 0 bridgehead atoms. The van der Waals surface area contributed by atoms with Gasteiger partial charge in [-0.3, -0.25) is 4.68 Å². The highest BCUT2D eigenvalue weighted by Crippen LogP contribution is 2.24. The van der Waals surface area contributed by atoms with Crippen molar-refractivity contribution in [2.75, 3.05) is 18.9 Å². The fraction of sp³-hybridized carbons (Fsp3) is 0.750. The largest absolute Gasteiger partial charge is 0.382 e. The van der Waals surface area contributed by atoms with Gasteiger partial charge >= 0.3 is 0 Å². The monoisotopic (exact) mass is 223 g/mol. The van der Waals surface area contributed by atoms with Crippen LogP contribution in [0.15, 0.2) is 12.3 Å². The van der Waals surface area contributed by atoms with E-state index >= 15 is 0 Å². The van der Waals surface area contributed by atoms with Crippen LogP contribution in [0.4, 0.5) is 5.82 Å². The van der Waals surface area contributed by atoms with E-state index in [1.54, 1.807) is 0 Å². The average Bonchev–Trinajstić information content (AvgIpc) is 2.89. The van der Waals surface area contributed by atoms with Gasteiger partial charge in [-0.15, -0.1) is 0 Å². The summed E-state index contributed by atoms with van der Waals surface area (Å²) in [5.41, 5.74) is 5.53. The summed E-state index contributed by atoms with van der Waals surface area (Å²) in [7, 11) is 0. The lowest BCUT2D eigenvalue weighted by molar-refractivity contribution is 0.0964. The molecule has 1 aliphatic carbocycles. The third-order valence-corrected chi connectivity index (χ3v) is 3.17. The lowest BCUT2D eigenvalue weighted by Crippen LogP contribution is -2.08. The summed E-state index contributed by atoms with van der Waals surface area (Å²) < 4.78 is 7.54. The summed E-state index contributed by atoms with van der Waals surface area (Å²) in [4.78, 5) is 0. The van der Waals surface area contributed by atoms with Crippen molar-refractivity contribution in [3.63, 3.8) is 0 Å². The Morgan fingerprint density at radius 3 is 2.94 bits per heavy atom. The smallest absolute Gasteiger partial charge is 0.145 e. The quantitative estimate of drug-likeness (QED) is 0.751. The van der Waals surface area contributed by atoms with Crippen LogP contribution in [-0.4, -0.2) is 23.0 Å². The van der Waals surface area contributed by atoms with Crippen molar-refractivity contribution in [2.45, 2.75) is 38.6 Å². The molecule has 1 aromatic heterocycles. The molecule has 2 N–H and O–H groups in total. The molecule has 0 aliphatic heterocycles. The number of ether oxygens (including phenoxy) is 1. The second-order valence-corrected chi connectivity index (χ2v) is 4.58. The Bertz CT molecular complexity index is 305. The van der Waals surface area contributed by atoms with Crippen molar-refractivity contribution >= 4 is 5.82 Å². The van der Waals surface area contributed by atoms with E-state index in [1.165, 1.54) is 25.7 Å². The second kappa shape index (κ2) is 5.89. The van der Waals surface area contributed by atoms with Gasteiger partial charge in [0.25, 0.3) is 0 Å². The Balaban J connectivity index is 1.51. The van der Waals surface area contributed by atoms with Gasteiger partial charge < -0.3 is 10.5 Å². The molecule has 4 nitrogen and oxygen atoms in total. The van der Waals surface area contributed by atoms with E-state index in [0.29, 0.717) is 5.82 Å². The van der Waals surface area contributed by atoms with Crippen molar-refractivity contribution in [3.8, 4) is 0 Å². The molecular weight excluding hydrogens is 202 g/mol. The van der Waals surface area contributed by atoms with E-state index in [9.17, 15) is 0 Å². The van der Waals surface area contributed by atoms with Crippen molar-refractivity contribution in [2.24, 2.45) is 5.92 Å². The summed E-state index contributed by atoms with van der Waals surface area (Å²) in [6.45, 7) is 2.67. The molecular formula is C12H21N3O. The highest BCUT2D eigenvalue weighted by atomic mass is 16.5. The molecule has 0 saturated heterocycles. The van der Waals surface area contributed by atoms with Crippen LogP contribution in [0.25, 0.3) is 0 Å². The molecule has 1 saturated carbocycles. The van der Waals surface area contributed by atoms with Gasteiger partial charge in [-0.2, -0.15) is 5.10 Å². The van der Waals surface area contributed by atoms with Gasteiger partial charge in [0, 0.05) is 26.0 Å². The second-order valence-electron chi connectivity index (χ2n) is 4.58. The highest BCUT2D eigenvalue weighted by molar-refractivity contribution is 5.23. The molecule has 0 radical (unpaired) electrons. The van der Waals surface area contributed by atoms with Crippen LogP contribution in [0.5, 0.6) is 0 Å².